The normalized spacial score (nSPS) is 11.0. The minimum Gasteiger partial charge on any atom is -0.300 e. The molecule has 0 saturated carbocycles. The molecule has 0 unspecified atom stereocenters. The van der Waals surface area contributed by atoms with Gasteiger partial charge >= 0.3 is 0 Å². The Hall–Kier alpha value is -0.820. The van der Waals surface area contributed by atoms with E-state index < -0.39 is 0 Å². The minimum absolute atomic E-state index is 0.131. The Morgan fingerprint density at radius 3 is 2.64 bits per heavy atom. The van der Waals surface area contributed by atoms with Crippen molar-refractivity contribution in [2.24, 2.45) is 0 Å². The van der Waals surface area contributed by atoms with Crippen molar-refractivity contribution in [1.82, 2.24) is 10.2 Å². The zero-order valence-electron chi connectivity index (χ0n) is 12.1. The third-order valence-electron chi connectivity index (χ3n) is 2.65. The van der Waals surface area contributed by atoms with Crippen LogP contribution in [0.1, 0.15) is 25.8 Å². The van der Waals surface area contributed by atoms with Gasteiger partial charge in [-0.15, -0.1) is 10.2 Å². The maximum atomic E-state index is 12.0. The molecule has 0 aliphatic rings. The summed E-state index contributed by atoms with van der Waals surface area (Å²) < 4.78 is 0.847. The molecule has 1 amide bonds. The Balaban J connectivity index is 1.89. The fourth-order valence-electron chi connectivity index (χ4n) is 1.70. The highest BCUT2D eigenvalue weighted by Gasteiger charge is 2.12. The lowest BCUT2D eigenvalue weighted by atomic mass is 10.1. The zero-order valence-corrected chi connectivity index (χ0v) is 15.2. The molecule has 1 N–H and O–H groups in total. The highest BCUT2D eigenvalue weighted by molar-refractivity contribution is 8.01. The van der Waals surface area contributed by atoms with Gasteiger partial charge < -0.3 is 5.32 Å². The molecule has 4 nitrogen and oxygen atoms in total. The molecule has 0 spiro atoms. The molecule has 0 aliphatic heterocycles. The SMILES string of the molecule is CC(C)Sc1nnc(NC(=O)CCc2c(Cl)cccc2Cl)s1. The quantitative estimate of drug-likeness (QED) is 0.575. The molecule has 1 aromatic heterocycles. The first-order chi connectivity index (χ1) is 10.5. The molecule has 1 heterocycles. The van der Waals surface area contributed by atoms with Crippen LogP contribution in [0.15, 0.2) is 22.5 Å². The number of hydrogen-bond acceptors (Lipinski definition) is 5. The number of benzene rings is 1. The van der Waals surface area contributed by atoms with Crippen LogP contribution in [0.3, 0.4) is 0 Å². The predicted octanol–water partition coefficient (Wildman–Crippen LogP) is 4.92. The molecule has 0 aliphatic carbocycles. The molecule has 22 heavy (non-hydrogen) atoms. The smallest absolute Gasteiger partial charge is 0.226 e. The van der Waals surface area contributed by atoms with E-state index >= 15 is 0 Å². The van der Waals surface area contributed by atoms with E-state index in [1.54, 1.807) is 30.0 Å². The molecular weight excluding hydrogens is 361 g/mol. The van der Waals surface area contributed by atoms with Crippen molar-refractivity contribution in [3.63, 3.8) is 0 Å². The van der Waals surface area contributed by atoms with Crippen LogP contribution in [0.2, 0.25) is 10.0 Å². The molecule has 1 aromatic carbocycles. The lowest BCUT2D eigenvalue weighted by molar-refractivity contribution is -0.116. The monoisotopic (exact) mass is 375 g/mol. The zero-order chi connectivity index (χ0) is 16.1. The average molecular weight is 376 g/mol. The number of nitrogens with one attached hydrogen (secondary N) is 1. The first kappa shape index (κ1) is 17.5. The summed E-state index contributed by atoms with van der Waals surface area (Å²) in [5.74, 6) is -0.131. The van der Waals surface area contributed by atoms with Gasteiger partial charge in [0, 0.05) is 21.7 Å². The Morgan fingerprint density at radius 1 is 1.32 bits per heavy atom. The van der Waals surface area contributed by atoms with Crippen molar-refractivity contribution < 1.29 is 4.79 Å². The van der Waals surface area contributed by atoms with Gasteiger partial charge in [-0.3, -0.25) is 4.79 Å². The van der Waals surface area contributed by atoms with Gasteiger partial charge in [-0.1, -0.05) is 66.2 Å². The summed E-state index contributed by atoms with van der Waals surface area (Å²) in [6.07, 6.45) is 0.770. The van der Waals surface area contributed by atoms with Crippen LogP contribution in [0.25, 0.3) is 0 Å². The number of aromatic nitrogens is 2. The minimum atomic E-state index is -0.131. The number of anilines is 1. The van der Waals surface area contributed by atoms with Crippen LogP contribution in [0.4, 0.5) is 5.13 Å². The Kier molecular flexibility index (Phi) is 6.50. The van der Waals surface area contributed by atoms with E-state index in [0.717, 1.165) is 9.90 Å². The maximum Gasteiger partial charge on any atom is 0.226 e. The van der Waals surface area contributed by atoms with Crippen molar-refractivity contribution >= 4 is 57.3 Å². The fourth-order valence-corrected chi connectivity index (χ4v) is 4.28. The van der Waals surface area contributed by atoms with Gasteiger partial charge in [0.2, 0.25) is 11.0 Å². The second kappa shape index (κ2) is 8.15. The third kappa shape index (κ3) is 5.12. The summed E-state index contributed by atoms with van der Waals surface area (Å²) in [5.41, 5.74) is 0.786. The number of carbonyl (C=O) groups excluding carboxylic acids is 1. The van der Waals surface area contributed by atoms with Gasteiger partial charge in [-0.2, -0.15) is 0 Å². The number of rotatable bonds is 6. The summed E-state index contributed by atoms with van der Waals surface area (Å²) in [5, 5.41) is 12.8. The Bertz CT molecular complexity index is 641. The van der Waals surface area contributed by atoms with Gasteiger partial charge in [0.1, 0.15) is 0 Å². The molecule has 0 atom stereocenters. The number of amides is 1. The summed E-state index contributed by atoms with van der Waals surface area (Å²) >= 11 is 15.2. The summed E-state index contributed by atoms with van der Waals surface area (Å²) in [7, 11) is 0. The van der Waals surface area contributed by atoms with E-state index in [1.807, 2.05) is 0 Å². The van der Waals surface area contributed by atoms with Crippen LogP contribution in [-0.2, 0) is 11.2 Å². The molecule has 0 fully saturated rings. The van der Waals surface area contributed by atoms with Crippen molar-refractivity contribution in [2.45, 2.75) is 36.3 Å². The van der Waals surface area contributed by atoms with Crippen molar-refractivity contribution in [3.05, 3.63) is 33.8 Å². The van der Waals surface area contributed by atoms with Gasteiger partial charge in [0.05, 0.1) is 0 Å². The molecule has 2 rings (SSSR count). The largest absolute Gasteiger partial charge is 0.300 e. The first-order valence-corrected chi connectivity index (χ1v) is 9.14. The highest BCUT2D eigenvalue weighted by Crippen LogP contribution is 2.29. The van der Waals surface area contributed by atoms with E-state index in [0.29, 0.717) is 26.8 Å². The maximum absolute atomic E-state index is 12.0. The standard InChI is InChI=1S/C14H15Cl2N3OS2/c1-8(2)21-14-19-18-13(22-14)17-12(20)7-6-9-10(15)4-3-5-11(9)16/h3-5,8H,6-7H2,1-2H3,(H,17,18,20). The molecule has 0 radical (unpaired) electrons. The highest BCUT2D eigenvalue weighted by atomic mass is 35.5. The topological polar surface area (TPSA) is 54.9 Å². The first-order valence-electron chi connectivity index (χ1n) is 6.68. The van der Waals surface area contributed by atoms with E-state index in [-0.39, 0.29) is 12.3 Å². The Labute approximate surface area is 147 Å². The van der Waals surface area contributed by atoms with Crippen molar-refractivity contribution in [2.75, 3.05) is 5.32 Å². The third-order valence-corrected chi connectivity index (χ3v) is 5.29. The number of nitrogens with zero attached hydrogens (tertiary/aromatic N) is 2. The van der Waals surface area contributed by atoms with Crippen LogP contribution >= 0.6 is 46.3 Å². The number of carbonyl (C=O) groups is 1. The Morgan fingerprint density at radius 2 is 2.00 bits per heavy atom. The molecular formula is C14H15Cl2N3OS2. The summed E-state index contributed by atoms with van der Waals surface area (Å²) in [6, 6.07) is 5.31. The molecule has 2 aromatic rings. The van der Waals surface area contributed by atoms with Gasteiger partial charge in [-0.05, 0) is 24.1 Å². The molecule has 8 heteroatoms. The van der Waals surface area contributed by atoms with Crippen LogP contribution < -0.4 is 5.32 Å². The average Bonchev–Trinajstić information content (AvgIpc) is 2.84. The summed E-state index contributed by atoms with van der Waals surface area (Å²) in [6.45, 7) is 4.16. The van der Waals surface area contributed by atoms with Crippen LogP contribution in [-0.4, -0.2) is 21.4 Å². The number of thioether (sulfide) groups is 1. The molecule has 118 valence electrons. The van der Waals surface area contributed by atoms with Crippen LogP contribution in [0, 0.1) is 0 Å². The van der Waals surface area contributed by atoms with E-state index in [1.165, 1.54) is 11.3 Å². The van der Waals surface area contributed by atoms with Crippen molar-refractivity contribution in [3.8, 4) is 0 Å². The van der Waals surface area contributed by atoms with E-state index in [4.69, 9.17) is 23.2 Å². The predicted molar refractivity (Wildman–Crippen MR) is 94.3 cm³/mol. The van der Waals surface area contributed by atoms with E-state index in [2.05, 4.69) is 29.4 Å². The van der Waals surface area contributed by atoms with E-state index in [9.17, 15) is 4.79 Å². The number of halogens is 2. The fraction of sp³-hybridized carbons (Fsp3) is 0.357. The van der Waals surface area contributed by atoms with Gasteiger partial charge in [0.25, 0.3) is 0 Å². The van der Waals surface area contributed by atoms with Gasteiger partial charge in [0.15, 0.2) is 4.34 Å². The number of hydrogen-bond donors (Lipinski definition) is 1. The molecule has 0 bridgehead atoms. The second-order valence-corrected chi connectivity index (χ2v) is 8.40. The summed E-state index contributed by atoms with van der Waals surface area (Å²) in [4.78, 5) is 12.0. The lowest BCUT2D eigenvalue weighted by Gasteiger charge is -2.06. The lowest BCUT2D eigenvalue weighted by Crippen LogP contribution is -2.12. The molecule has 0 saturated heterocycles. The van der Waals surface area contributed by atoms with Crippen LogP contribution in [0.5, 0.6) is 0 Å². The second-order valence-electron chi connectivity index (χ2n) is 4.79. The van der Waals surface area contributed by atoms with Crippen molar-refractivity contribution in [1.29, 1.82) is 0 Å². The van der Waals surface area contributed by atoms with Gasteiger partial charge in [-0.25, -0.2) is 0 Å².